The first kappa shape index (κ1) is 17.4. The molecule has 1 saturated heterocycles. The minimum Gasteiger partial charge on any atom is -0.377 e. The van der Waals surface area contributed by atoms with Gasteiger partial charge in [-0.25, -0.2) is 0 Å². The topological polar surface area (TPSA) is 75.6 Å². The molecule has 0 aromatic heterocycles. The minimum atomic E-state index is -0.189. The lowest BCUT2D eigenvalue weighted by molar-refractivity contribution is -0.408. The van der Waals surface area contributed by atoms with E-state index in [1.807, 2.05) is 4.90 Å². The van der Waals surface area contributed by atoms with E-state index in [1.165, 1.54) is 0 Å². The minimum absolute atomic E-state index is 0.0965. The van der Waals surface area contributed by atoms with Crippen LogP contribution >= 0.6 is 0 Å². The molecular weight excluding hydrogens is 260 g/mol. The zero-order chi connectivity index (χ0) is 14.8. The fraction of sp³-hybridized carbons (Fsp3) is 0.929. The average molecular weight is 289 g/mol. The molecule has 0 aliphatic carbocycles. The van der Waals surface area contributed by atoms with Crippen molar-refractivity contribution in [3.63, 3.8) is 0 Å². The van der Waals surface area contributed by atoms with Crippen molar-refractivity contribution < 1.29 is 24.7 Å². The Bertz CT molecular complexity index is 262. The summed E-state index contributed by atoms with van der Waals surface area (Å²) in [7, 11) is 0. The van der Waals surface area contributed by atoms with E-state index < -0.39 is 0 Å². The summed E-state index contributed by atoms with van der Waals surface area (Å²) in [6.45, 7) is 8.71. The SMILES string of the molecule is CC(C)CC([NH3+])C(=O)N1CCOCCOCCOCC1. The van der Waals surface area contributed by atoms with Crippen molar-refractivity contribution >= 4 is 5.91 Å². The van der Waals surface area contributed by atoms with Gasteiger partial charge in [0.1, 0.15) is 0 Å². The lowest BCUT2D eigenvalue weighted by atomic mass is 10.0. The monoisotopic (exact) mass is 289 g/mol. The molecule has 0 bridgehead atoms. The predicted octanol–water partition coefficient (Wildman–Crippen LogP) is -0.465. The van der Waals surface area contributed by atoms with Crippen LogP contribution in [0.4, 0.5) is 0 Å². The van der Waals surface area contributed by atoms with Gasteiger partial charge in [-0.15, -0.1) is 0 Å². The summed E-state index contributed by atoms with van der Waals surface area (Å²) < 4.78 is 16.3. The first-order chi connectivity index (χ1) is 9.61. The number of hydrogen-bond acceptors (Lipinski definition) is 4. The molecule has 0 aromatic rings. The Morgan fingerprint density at radius 3 is 1.90 bits per heavy atom. The van der Waals surface area contributed by atoms with Gasteiger partial charge in [0.05, 0.1) is 39.6 Å². The van der Waals surface area contributed by atoms with Gasteiger partial charge in [-0.05, 0) is 5.92 Å². The van der Waals surface area contributed by atoms with E-state index in [0.717, 1.165) is 6.42 Å². The molecule has 1 heterocycles. The molecule has 0 radical (unpaired) electrons. The zero-order valence-corrected chi connectivity index (χ0v) is 12.8. The molecule has 0 spiro atoms. The molecule has 1 aliphatic heterocycles. The van der Waals surface area contributed by atoms with Crippen molar-refractivity contribution in [1.82, 2.24) is 4.90 Å². The van der Waals surface area contributed by atoms with Crippen LogP contribution in [-0.4, -0.2) is 69.6 Å². The van der Waals surface area contributed by atoms with Crippen LogP contribution in [0.15, 0.2) is 0 Å². The van der Waals surface area contributed by atoms with E-state index in [2.05, 4.69) is 19.6 Å². The lowest BCUT2D eigenvalue weighted by Crippen LogP contribution is -2.68. The molecule has 20 heavy (non-hydrogen) atoms. The Morgan fingerprint density at radius 1 is 1.00 bits per heavy atom. The van der Waals surface area contributed by atoms with Crippen molar-refractivity contribution in [2.24, 2.45) is 5.92 Å². The number of ether oxygens (including phenoxy) is 3. The van der Waals surface area contributed by atoms with Gasteiger partial charge in [-0.1, -0.05) is 13.8 Å². The van der Waals surface area contributed by atoms with Gasteiger partial charge in [0.25, 0.3) is 5.91 Å². The second-order valence-electron chi connectivity index (χ2n) is 5.49. The standard InChI is InChI=1S/C14H28N2O4/c1-12(2)11-13(15)14(17)16-3-5-18-7-9-20-10-8-19-6-4-16/h12-13H,3-11,15H2,1-2H3/p+1. The molecule has 3 N–H and O–H groups in total. The van der Waals surface area contributed by atoms with E-state index in [9.17, 15) is 4.79 Å². The van der Waals surface area contributed by atoms with Crippen LogP contribution < -0.4 is 5.73 Å². The van der Waals surface area contributed by atoms with Crippen LogP contribution in [0.1, 0.15) is 20.3 Å². The Hall–Kier alpha value is -0.690. The van der Waals surface area contributed by atoms with E-state index in [1.54, 1.807) is 0 Å². The molecule has 0 aromatic carbocycles. The quantitative estimate of drug-likeness (QED) is 0.762. The van der Waals surface area contributed by atoms with Crippen LogP contribution in [-0.2, 0) is 19.0 Å². The second kappa shape index (κ2) is 10.1. The Morgan fingerprint density at radius 2 is 1.45 bits per heavy atom. The molecule has 0 saturated carbocycles. The van der Waals surface area contributed by atoms with Crippen molar-refractivity contribution in [1.29, 1.82) is 0 Å². The summed E-state index contributed by atoms with van der Waals surface area (Å²) in [5.41, 5.74) is 3.99. The highest BCUT2D eigenvalue weighted by Crippen LogP contribution is 2.05. The number of nitrogens with zero attached hydrogens (tertiary/aromatic N) is 1. The van der Waals surface area contributed by atoms with E-state index in [4.69, 9.17) is 14.2 Å². The van der Waals surface area contributed by atoms with Gasteiger partial charge in [0, 0.05) is 19.5 Å². The highest BCUT2D eigenvalue weighted by molar-refractivity contribution is 5.80. The summed E-state index contributed by atoms with van der Waals surface area (Å²) in [5, 5.41) is 0. The number of hydrogen-bond donors (Lipinski definition) is 1. The first-order valence-electron chi connectivity index (χ1n) is 7.46. The first-order valence-corrected chi connectivity index (χ1v) is 7.46. The van der Waals surface area contributed by atoms with Gasteiger partial charge in [-0.3, -0.25) is 4.79 Å². The Balaban J connectivity index is 2.46. The molecule has 1 rings (SSSR count). The van der Waals surface area contributed by atoms with Crippen molar-refractivity contribution in [2.75, 3.05) is 52.7 Å². The Labute approximate surface area is 121 Å². The maximum absolute atomic E-state index is 12.4. The fourth-order valence-corrected chi connectivity index (χ4v) is 2.15. The highest BCUT2D eigenvalue weighted by atomic mass is 16.5. The summed E-state index contributed by atoms with van der Waals surface area (Å²) in [5.74, 6) is 0.567. The van der Waals surface area contributed by atoms with E-state index in [-0.39, 0.29) is 11.9 Å². The maximum Gasteiger partial charge on any atom is 0.280 e. The molecule has 6 heteroatoms. The van der Waals surface area contributed by atoms with E-state index in [0.29, 0.717) is 58.6 Å². The van der Waals surface area contributed by atoms with Crippen LogP contribution in [0, 0.1) is 5.92 Å². The summed E-state index contributed by atoms with van der Waals surface area (Å²) in [4.78, 5) is 14.2. The zero-order valence-electron chi connectivity index (χ0n) is 12.8. The van der Waals surface area contributed by atoms with Crippen LogP contribution in [0.3, 0.4) is 0 Å². The van der Waals surface area contributed by atoms with Crippen LogP contribution in [0.5, 0.6) is 0 Å². The summed E-state index contributed by atoms with van der Waals surface area (Å²) in [6, 6.07) is -0.189. The molecule has 1 aliphatic rings. The Kier molecular flexibility index (Phi) is 8.77. The second-order valence-corrected chi connectivity index (χ2v) is 5.49. The largest absolute Gasteiger partial charge is 0.377 e. The third kappa shape index (κ3) is 7.19. The molecule has 118 valence electrons. The van der Waals surface area contributed by atoms with Crippen molar-refractivity contribution in [3.8, 4) is 0 Å². The smallest absolute Gasteiger partial charge is 0.280 e. The van der Waals surface area contributed by atoms with Gasteiger partial charge in [0.15, 0.2) is 6.04 Å². The molecule has 1 unspecified atom stereocenters. The van der Waals surface area contributed by atoms with E-state index >= 15 is 0 Å². The number of carbonyl (C=O) groups excluding carboxylic acids is 1. The normalized spacial score (nSPS) is 21.1. The number of rotatable bonds is 3. The molecule has 6 nitrogen and oxygen atoms in total. The number of amides is 1. The highest BCUT2D eigenvalue weighted by Gasteiger charge is 2.24. The fourth-order valence-electron chi connectivity index (χ4n) is 2.15. The van der Waals surface area contributed by atoms with Gasteiger partial charge >= 0.3 is 0 Å². The molecule has 1 amide bonds. The average Bonchev–Trinajstić information content (AvgIpc) is 2.38. The van der Waals surface area contributed by atoms with Crippen LogP contribution in [0.2, 0.25) is 0 Å². The van der Waals surface area contributed by atoms with Gasteiger partial charge in [-0.2, -0.15) is 0 Å². The van der Waals surface area contributed by atoms with Gasteiger partial charge < -0.3 is 24.8 Å². The summed E-state index contributed by atoms with van der Waals surface area (Å²) in [6.07, 6.45) is 0.810. The van der Waals surface area contributed by atoms with Crippen molar-refractivity contribution in [2.45, 2.75) is 26.3 Å². The van der Waals surface area contributed by atoms with Crippen molar-refractivity contribution in [3.05, 3.63) is 0 Å². The predicted molar refractivity (Wildman–Crippen MR) is 75.2 cm³/mol. The number of quaternary nitrogens is 1. The summed E-state index contributed by atoms with van der Waals surface area (Å²) >= 11 is 0. The van der Waals surface area contributed by atoms with Crippen LogP contribution in [0.25, 0.3) is 0 Å². The third-order valence-electron chi connectivity index (χ3n) is 3.17. The molecule has 1 atom stereocenters. The molecular formula is C14H29N2O4+. The van der Waals surface area contributed by atoms with Gasteiger partial charge in [0.2, 0.25) is 0 Å². The number of carbonyl (C=O) groups is 1. The lowest BCUT2D eigenvalue weighted by Gasteiger charge is -2.25. The maximum atomic E-state index is 12.4. The molecule has 1 fully saturated rings. The third-order valence-corrected chi connectivity index (χ3v) is 3.17.